The Morgan fingerprint density at radius 2 is 1.22 bits per heavy atom. The molecule has 15 nitrogen and oxygen atoms in total. The summed E-state index contributed by atoms with van der Waals surface area (Å²) in [6.07, 6.45) is -5.32. The van der Waals surface area contributed by atoms with Crippen LogP contribution in [0.25, 0.3) is 0 Å². The Hall–Kier alpha value is -0.380. The van der Waals surface area contributed by atoms with Gasteiger partial charge in [-0.1, -0.05) is 0 Å². The van der Waals surface area contributed by atoms with Crippen LogP contribution in [0.3, 0.4) is 0 Å². The molecule has 37 heavy (non-hydrogen) atoms. The SMILES string of the molecule is CO[C@H]1O[C@@H]2COS(=O)(=O)O[C@H]2[C@@H]2OC(C)(C)OC12.CO[C@H]1O[C@@H]2COS(=O)O[C@H]2[C@@H]2OC(C)(C)OC12. The van der Waals surface area contributed by atoms with E-state index in [1.807, 2.05) is 13.8 Å². The Bertz CT molecular complexity index is 973. The number of ether oxygens (including phenoxy) is 8. The zero-order chi connectivity index (χ0) is 26.8. The standard InChI is InChI=1S/C10H16O8S.C10H16O7S/c1-10(2)16-7-6-5(4-14-19(11,12)18-6)15-9(13-3)8(7)17-10;1-10(2)15-7-6-5(4-13-18(11)17-6)14-9(12-3)8(7)16-10/h5-9H,4H2,1-3H3;5-9H,4H2,1-3H3/t5-,6-,7+,8?,9+;5-,6-,7+,8?,9+,18?/m11/s1. The first-order valence-electron chi connectivity index (χ1n) is 11.7. The smallest absolute Gasteiger partial charge is 0.353 e. The first-order chi connectivity index (χ1) is 17.3. The van der Waals surface area contributed by atoms with E-state index in [-0.39, 0.29) is 25.4 Å². The molecule has 17 heteroatoms. The number of hydrogen-bond acceptors (Lipinski definition) is 15. The van der Waals surface area contributed by atoms with Crippen molar-refractivity contribution in [1.82, 2.24) is 0 Å². The fourth-order valence-corrected chi connectivity index (χ4v) is 6.66. The molecule has 0 aromatic rings. The summed E-state index contributed by atoms with van der Waals surface area (Å²) in [7, 11) is -0.984. The second-order valence-electron chi connectivity index (χ2n) is 9.99. The van der Waals surface area contributed by atoms with Crippen molar-refractivity contribution in [1.29, 1.82) is 0 Å². The van der Waals surface area contributed by atoms with Gasteiger partial charge in [0.1, 0.15) is 48.8 Å². The van der Waals surface area contributed by atoms with Crippen molar-refractivity contribution in [2.45, 2.75) is 101 Å². The van der Waals surface area contributed by atoms with Crippen molar-refractivity contribution in [3.05, 3.63) is 0 Å². The molecule has 0 aromatic heterocycles. The zero-order valence-electron chi connectivity index (χ0n) is 21.1. The van der Waals surface area contributed by atoms with Gasteiger partial charge in [-0.2, -0.15) is 12.6 Å². The number of rotatable bonds is 2. The highest BCUT2D eigenvalue weighted by atomic mass is 32.3. The Morgan fingerprint density at radius 1 is 0.730 bits per heavy atom. The minimum atomic E-state index is -4.01. The second kappa shape index (κ2) is 10.2. The quantitative estimate of drug-likeness (QED) is 0.410. The Balaban J connectivity index is 0.000000152. The van der Waals surface area contributed by atoms with Crippen LogP contribution in [0.15, 0.2) is 0 Å². The lowest BCUT2D eigenvalue weighted by molar-refractivity contribution is -0.273. The molecule has 0 aromatic carbocycles. The predicted octanol–water partition coefficient (Wildman–Crippen LogP) is -0.590. The molecule has 0 radical (unpaired) electrons. The summed E-state index contributed by atoms with van der Waals surface area (Å²) < 4.78 is 98.5. The maximum Gasteiger partial charge on any atom is 0.400 e. The molecule has 6 aliphatic heterocycles. The average Bonchev–Trinajstić information content (AvgIpc) is 3.33. The molecular formula is C20H32O15S2. The first kappa shape index (κ1) is 28.2. The minimum Gasteiger partial charge on any atom is -0.353 e. The van der Waals surface area contributed by atoms with Gasteiger partial charge in [0.2, 0.25) is 0 Å². The summed E-state index contributed by atoms with van der Waals surface area (Å²) in [5.74, 6) is -1.59. The predicted molar refractivity (Wildman–Crippen MR) is 118 cm³/mol. The molecule has 0 bridgehead atoms. The Kier molecular flexibility index (Phi) is 7.78. The summed E-state index contributed by atoms with van der Waals surface area (Å²) in [6, 6.07) is 0. The van der Waals surface area contributed by atoms with Gasteiger partial charge in [0.05, 0.1) is 13.2 Å². The fourth-order valence-electron chi connectivity index (χ4n) is 5.08. The number of fused-ring (bicyclic) bond motifs is 6. The molecule has 0 aliphatic carbocycles. The molecule has 6 saturated heterocycles. The third-order valence-corrected chi connectivity index (χ3v) is 8.04. The first-order valence-corrected chi connectivity index (χ1v) is 14.0. The molecule has 6 aliphatic rings. The monoisotopic (exact) mass is 576 g/mol. The Labute approximate surface area is 217 Å². The molecule has 6 rings (SSSR count). The van der Waals surface area contributed by atoms with Gasteiger partial charge in [-0.25, -0.2) is 8.37 Å². The number of hydrogen-bond donors (Lipinski definition) is 0. The zero-order valence-corrected chi connectivity index (χ0v) is 22.8. The summed E-state index contributed by atoms with van der Waals surface area (Å²) in [6.45, 7) is 7.15. The van der Waals surface area contributed by atoms with Gasteiger partial charge < -0.3 is 37.9 Å². The van der Waals surface area contributed by atoms with E-state index in [0.717, 1.165) is 0 Å². The maximum atomic E-state index is 11.4. The normalized spacial score (nSPS) is 49.0. The molecular weight excluding hydrogens is 544 g/mol. The molecule has 6 fully saturated rings. The topological polar surface area (TPSA) is 162 Å². The highest BCUT2D eigenvalue weighted by molar-refractivity contribution is 7.81. The van der Waals surface area contributed by atoms with Gasteiger partial charge in [0, 0.05) is 14.2 Å². The van der Waals surface area contributed by atoms with Crippen molar-refractivity contribution >= 4 is 21.8 Å². The van der Waals surface area contributed by atoms with Crippen LogP contribution in [0.2, 0.25) is 0 Å². The van der Waals surface area contributed by atoms with E-state index < -0.39 is 82.5 Å². The summed E-state index contributed by atoms with van der Waals surface area (Å²) in [5.41, 5.74) is 0. The summed E-state index contributed by atoms with van der Waals surface area (Å²) in [5, 5.41) is 0. The third-order valence-electron chi connectivity index (χ3n) is 6.45. The van der Waals surface area contributed by atoms with E-state index in [1.165, 1.54) is 7.11 Å². The van der Waals surface area contributed by atoms with Crippen LogP contribution in [-0.4, -0.2) is 113 Å². The van der Waals surface area contributed by atoms with Crippen molar-refractivity contribution in [3.63, 3.8) is 0 Å². The van der Waals surface area contributed by atoms with Crippen molar-refractivity contribution in [2.75, 3.05) is 27.4 Å². The van der Waals surface area contributed by atoms with Crippen molar-refractivity contribution in [2.24, 2.45) is 0 Å². The lowest BCUT2D eigenvalue weighted by atomic mass is 9.99. The van der Waals surface area contributed by atoms with Crippen molar-refractivity contribution < 1.29 is 67.3 Å². The van der Waals surface area contributed by atoms with Crippen LogP contribution >= 0.6 is 0 Å². The van der Waals surface area contributed by atoms with Crippen LogP contribution in [0, 0.1) is 0 Å². The van der Waals surface area contributed by atoms with Crippen LogP contribution in [-0.2, 0) is 76.4 Å². The van der Waals surface area contributed by atoms with E-state index in [4.69, 9.17) is 50.4 Å². The Morgan fingerprint density at radius 3 is 1.76 bits per heavy atom. The molecule has 11 atom stereocenters. The highest BCUT2D eigenvalue weighted by Crippen LogP contribution is 2.41. The largest absolute Gasteiger partial charge is 0.400 e. The minimum absolute atomic E-state index is 0.125. The van der Waals surface area contributed by atoms with Crippen LogP contribution in [0.4, 0.5) is 0 Å². The molecule has 3 unspecified atom stereocenters. The van der Waals surface area contributed by atoms with E-state index >= 15 is 0 Å². The second-order valence-corrected chi connectivity index (χ2v) is 12.1. The van der Waals surface area contributed by atoms with Gasteiger partial charge in [-0.05, 0) is 27.7 Å². The lowest BCUT2D eigenvalue weighted by Crippen LogP contribution is -2.61. The molecule has 0 amide bonds. The van der Waals surface area contributed by atoms with Crippen LogP contribution < -0.4 is 0 Å². The summed E-state index contributed by atoms with van der Waals surface area (Å²) >= 11 is -1.76. The average molecular weight is 577 g/mol. The number of methoxy groups -OCH3 is 2. The van der Waals surface area contributed by atoms with Gasteiger partial charge in [-0.3, -0.25) is 8.37 Å². The van der Waals surface area contributed by atoms with E-state index in [9.17, 15) is 12.6 Å². The van der Waals surface area contributed by atoms with Crippen LogP contribution in [0.1, 0.15) is 27.7 Å². The van der Waals surface area contributed by atoms with Crippen LogP contribution in [0.5, 0.6) is 0 Å². The van der Waals surface area contributed by atoms with E-state index in [0.29, 0.717) is 0 Å². The van der Waals surface area contributed by atoms with Gasteiger partial charge >= 0.3 is 21.8 Å². The molecule has 0 N–H and O–H groups in total. The lowest BCUT2D eigenvalue weighted by Gasteiger charge is -2.42. The van der Waals surface area contributed by atoms with Gasteiger partial charge in [-0.15, -0.1) is 0 Å². The fraction of sp³-hybridized carbons (Fsp3) is 1.00. The van der Waals surface area contributed by atoms with Crippen molar-refractivity contribution in [3.8, 4) is 0 Å². The third kappa shape index (κ3) is 5.76. The van der Waals surface area contributed by atoms with E-state index in [2.05, 4.69) is 4.18 Å². The van der Waals surface area contributed by atoms with E-state index in [1.54, 1.807) is 21.0 Å². The summed E-state index contributed by atoms with van der Waals surface area (Å²) in [4.78, 5) is 0. The highest BCUT2D eigenvalue weighted by Gasteiger charge is 2.59. The molecule has 214 valence electrons. The maximum absolute atomic E-state index is 11.4. The molecule has 0 spiro atoms. The van der Waals surface area contributed by atoms with Gasteiger partial charge in [0.25, 0.3) is 0 Å². The molecule has 6 heterocycles. The van der Waals surface area contributed by atoms with Gasteiger partial charge in [0.15, 0.2) is 24.2 Å². The molecule has 0 saturated carbocycles.